The van der Waals surface area contributed by atoms with Gasteiger partial charge in [-0.1, -0.05) is 19.8 Å². The van der Waals surface area contributed by atoms with Gasteiger partial charge in [0.1, 0.15) is 5.82 Å². The Bertz CT molecular complexity index is 361. The minimum atomic E-state index is 0.562. The minimum Gasteiger partial charge on any atom is -0.359 e. The molecule has 1 aromatic rings. The molecule has 0 aliphatic rings. The fourth-order valence-corrected chi connectivity index (χ4v) is 2.12. The second kappa shape index (κ2) is 6.60. The predicted octanol–water partition coefficient (Wildman–Crippen LogP) is 2.78. The second-order valence-electron chi connectivity index (χ2n) is 4.72. The SMILES string of the molecule is CCCCCN(C)c1nc(C)cc(C)c1CN. The monoisotopic (exact) mass is 235 g/mol. The van der Waals surface area contributed by atoms with Crippen LogP contribution in [-0.4, -0.2) is 18.6 Å². The van der Waals surface area contributed by atoms with E-state index in [1.54, 1.807) is 0 Å². The lowest BCUT2D eigenvalue weighted by atomic mass is 10.1. The lowest BCUT2D eigenvalue weighted by molar-refractivity contribution is 0.698. The fourth-order valence-electron chi connectivity index (χ4n) is 2.12. The Labute approximate surface area is 105 Å². The molecule has 0 saturated carbocycles. The van der Waals surface area contributed by atoms with E-state index in [1.807, 2.05) is 6.92 Å². The van der Waals surface area contributed by atoms with Gasteiger partial charge in [0.15, 0.2) is 0 Å². The Kier molecular flexibility index (Phi) is 5.42. The normalized spacial score (nSPS) is 10.6. The predicted molar refractivity (Wildman–Crippen MR) is 74.4 cm³/mol. The molecule has 0 saturated heterocycles. The Hall–Kier alpha value is -1.09. The molecule has 0 bridgehead atoms. The third-order valence-electron chi connectivity index (χ3n) is 3.12. The van der Waals surface area contributed by atoms with Gasteiger partial charge in [-0.3, -0.25) is 0 Å². The van der Waals surface area contributed by atoms with Crippen molar-refractivity contribution in [1.82, 2.24) is 4.98 Å². The van der Waals surface area contributed by atoms with Crippen LogP contribution in [0.25, 0.3) is 0 Å². The molecule has 0 aromatic carbocycles. The summed E-state index contributed by atoms with van der Waals surface area (Å²) in [5, 5.41) is 0. The molecule has 3 heteroatoms. The van der Waals surface area contributed by atoms with Crippen LogP contribution in [0.5, 0.6) is 0 Å². The molecule has 0 spiro atoms. The van der Waals surface area contributed by atoms with E-state index in [0.29, 0.717) is 6.54 Å². The standard InChI is InChI=1S/C14H25N3/c1-5-6-7-8-17(4)14-13(10-15)11(2)9-12(3)16-14/h9H,5-8,10,15H2,1-4H3. The number of hydrogen-bond donors (Lipinski definition) is 1. The van der Waals surface area contributed by atoms with Gasteiger partial charge in [0.05, 0.1) is 0 Å². The molecular weight excluding hydrogens is 210 g/mol. The molecule has 3 nitrogen and oxygen atoms in total. The third-order valence-corrected chi connectivity index (χ3v) is 3.12. The van der Waals surface area contributed by atoms with Gasteiger partial charge in [-0.25, -0.2) is 4.98 Å². The number of aryl methyl sites for hydroxylation is 2. The first-order chi connectivity index (χ1) is 8.10. The molecule has 1 rings (SSSR count). The van der Waals surface area contributed by atoms with Crippen molar-refractivity contribution in [3.05, 3.63) is 22.9 Å². The Balaban J connectivity index is 2.87. The zero-order chi connectivity index (χ0) is 12.8. The Morgan fingerprint density at radius 2 is 2.00 bits per heavy atom. The number of hydrogen-bond acceptors (Lipinski definition) is 3. The lowest BCUT2D eigenvalue weighted by Crippen LogP contribution is -2.23. The average Bonchev–Trinajstić information content (AvgIpc) is 2.28. The summed E-state index contributed by atoms with van der Waals surface area (Å²) >= 11 is 0. The topological polar surface area (TPSA) is 42.2 Å². The highest BCUT2D eigenvalue weighted by molar-refractivity contribution is 5.51. The van der Waals surface area contributed by atoms with Gasteiger partial charge in [0.2, 0.25) is 0 Å². The lowest BCUT2D eigenvalue weighted by Gasteiger charge is -2.22. The number of unbranched alkanes of at least 4 members (excludes halogenated alkanes) is 2. The summed E-state index contributed by atoms with van der Waals surface area (Å²) in [5.41, 5.74) is 9.32. The molecule has 0 unspecified atom stereocenters. The van der Waals surface area contributed by atoms with Crippen molar-refractivity contribution in [3.8, 4) is 0 Å². The highest BCUT2D eigenvalue weighted by Gasteiger charge is 2.11. The summed E-state index contributed by atoms with van der Waals surface area (Å²) in [6.45, 7) is 7.99. The highest BCUT2D eigenvalue weighted by atomic mass is 15.2. The van der Waals surface area contributed by atoms with E-state index in [9.17, 15) is 0 Å². The fraction of sp³-hybridized carbons (Fsp3) is 0.643. The van der Waals surface area contributed by atoms with Crippen LogP contribution >= 0.6 is 0 Å². The van der Waals surface area contributed by atoms with E-state index < -0.39 is 0 Å². The van der Waals surface area contributed by atoms with Crippen LogP contribution in [0.1, 0.15) is 43.0 Å². The minimum absolute atomic E-state index is 0.562. The Morgan fingerprint density at radius 1 is 1.29 bits per heavy atom. The van der Waals surface area contributed by atoms with Crippen molar-refractivity contribution < 1.29 is 0 Å². The molecule has 0 radical (unpaired) electrons. The van der Waals surface area contributed by atoms with Crippen molar-refractivity contribution in [3.63, 3.8) is 0 Å². The molecule has 1 aromatic heterocycles. The zero-order valence-electron chi connectivity index (χ0n) is 11.6. The van der Waals surface area contributed by atoms with E-state index in [0.717, 1.165) is 18.1 Å². The number of pyridine rings is 1. The van der Waals surface area contributed by atoms with E-state index in [1.165, 1.54) is 30.4 Å². The van der Waals surface area contributed by atoms with Crippen LogP contribution in [0.15, 0.2) is 6.07 Å². The van der Waals surface area contributed by atoms with Crippen LogP contribution in [0.4, 0.5) is 5.82 Å². The Morgan fingerprint density at radius 3 is 2.59 bits per heavy atom. The largest absolute Gasteiger partial charge is 0.359 e. The van der Waals surface area contributed by atoms with Crippen LogP contribution in [0.2, 0.25) is 0 Å². The summed E-state index contributed by atoms with van der Waals surface area (Å²) in [6, 6.07) is 2.10. The molecule has 2 N–H and O–H groups in total. The maximum absolute atomic E-state index is 5.83. The van der Waals surface area contributed by atoms with E-state index in [2.05, 4.69) is 36.8 Å². The number of anilines is 1. The van der Waals surface area contributed by atoms with Crippen molar-refractivity contribution in [2.45, 2.75) is 46.6 Å². The maximum Gasteiger partial charge on any atom is 0.133 e. The van der Waals surface area contributed by atoms with Crippen LogP contribution < -0.4 is 10.6 Å². The van der Waals surface area contributed by atoms with Crippen LogP contribution in [0, 0.1) is 13.8 Å². The van der Waals surface area contributed by atoms with Gasteiger partial charge in [0, 0.05) is 31.4 Å². The third kappa shape index (κ3) is 3.70. The quantitative estimate of drug-likeness (QED) is 0.771. The number of nitrogens with two attached hydrogens (primary N) is 1. The van der Waals surface area contributed by atoms with Crippen molar-refractivity contribution in [1.29, 1.82) is 0 Å². The highest BCUT2D eigenvalue weighted by Crippen LogP contribution is 2.21. The first-order valence-corrected chi connectivity index (χ1v) is 6.48. The maximum atomic E-state index is 5.83. The van der Waals surface area contributed by atoms with Gasteiger partial charge < -0.3 is 10.6 Å². The molecule has 17 heavy (non-hydrogen) atoms. The summed E-state index contributed by atoms with van der Waals surface area (Å²) in [7, 11) is 2.11. The first-order valence-electron chi connectivity index (χ1n) is 6.48. The van der Waals surface area contributed by atoms with Crippen LogP contribution in [0.3, 0.4) is 0 Å². The average molecular weight is 235 g/mol. The molecule has 0 aliphatic heterocycles. The molecule has 1 heterocycles. The van der Waals surface area contributed by atoms with Gasteiger partial charge in [-0.05, 0) is 31.9 Å². The second-order valence-corrected chi connectivity index (χ2v) is 4.72. The molecule has 0 aliphatic carbocycles. The number of rotatable bonds is 6. The van der Waals surface area contributed by atoms with Gasteiger partial charge in [-0.15, -0.1) is 0 Å². The summed E-state index contributed by atoms with van der Waals surface area (Å²) in [4.78, 5) is 6.86. The van der Waals surface area contributed by atoms with Crippen molar-refractivity contribution >= 4 is 5.82 Å². The van der Waals surface area contributed by atoms with Gasteiger partial charge in [0.25, 0.3) is 0 Å². The number of nitrogens with zero attached hydrogens (tertiary/aromatic N) is 2. The smallest absolute Gasteiger partial charge is 0.133 e. The molecule has 0 atom stereocenters. The molecule has 0 amide bonds. The van der Waals surface area contributed by atoms with E-state index in [-0.39, 0.29) is 0 Å². The molecule has 96 valence electrons. The summed E-state index contributed by atoms with van der Waals surface area (Å²) in [6.07, 6.45) is 3.73. The van der Waals surface area contributed by atoms with E-state index >= 15 is 0 Å². The summed E-state index contributed by atoms with van der Waals surface area (Å²) < 4.78 is 0. The van der Waals surface area contributed by atoms with Crippen molar-refractivity contribution in [2.75, 3.05) is 18.5 Å². The van der Waals surface area contributed by atoms with E-state index in [4.69, 9.17) is 5.73 Å². The van der Waals surface area contributed by atoms with Gasteiger partial charge >= 0.3 is 0 Å². The van der Waals surface area contributed by atoms with Crippen LogP contribution in [-0.2, 0) is 6.54 Å². The summed E-state index contributed by atoms with van der Waals surface area (Å²) in [5.74, 6) is 1.06. The molecule has 0 fully saturated rings. The van der Waals surface area contributed by atoms with Gasteiger partial charge in [-0.2, -0.15) is 0 Å². The number of aromatic nitrogens is 1. The molecular formula is C14H25N3. The van der Waals surface area contributed by atoms with Crippen molar-refractivity contribution in [2.24, 2.45) is 5.73 Å². The first kappa shape index (κ1) is 14.0. The zero-order valence-corrected chi connectivity index (χ0v) is 11.6.